The molecule has 0 radical (unpaired) electrons. The summed E-state index contributed by atoms with van der Waals surface area (Å²) in [5.74, 6) is -6.49. The molecule has 0 saturated carbocycles. The average molecular weight is 284 g/mol. The zero-order chi connectivity index (χ0) is 14.1. The summed E-state index contributed by atoms with van der Waals surface area (Å²) >= 11 is 0. The summed E-state index contributed by atoms with van der Waals surface area (Å²) < 4.78 is 101. The first-order valence-corrected chi connectivity index (χ1v) is 3.72. The lowest BCUT2D eigenvalue weighted by Gasteiger charge is -2.11. The molecule has 0 atom stereocenters. The van der Waals surface area contributed by atoms with E-state index in [0.29, 0.717) is 0 Å². The lowest BCUT2D eigenvalue weighted by molar-refractivity contribution is -0.280. The monoisotopic (exact) mass is 284 g/mol. The molecule has 0 aromatic carbocycles. The molecule has 0 unspecified atom stereocenters. The predicted molar refractivity (Wildman–Crippen MR) is 35.3 cm³/mol. The van der Waals surface area contributed by atoms with Gasteiger partial charge in [-0.15, -0.1) is 26.3 Å². The van der Waals surface area contributed by atoms with Gasteiger partial charge in [0.2, 0.25) is 5.82 Å². The first kappa shape index (κ1) is 14.2. The molecule has 0 spiro atoms. The van der Waals surface area contributed by atoms with Crippen LogP contribution in [0.4, 0.5) is 35.1 Å². The summed E-state index contributed by atoms with van der Waals surface area (Å²) in [6.45, 7) is 0. The summed E-state index contributed by atoms with van der Waals surface area (Å²) in [5.41, 5.74) is 0. The molecule has 1 aromatic rings. The molecule has 0 bridgehead atoms. The highest BCUT2D eigenvalue weighted by Gasteiger charge is 2.38. The summed E-state index contributed by atoms with van der Waals surface area (Å²) in [4.78, 5) is 4.41. The molecule has 0 aliphatic carbocycles. The van der Waals surface area contributed by atoms with E-state index >= 15 is 0 Å². The lowest BCUT2D eigenvalue weighted by Crippen LogP contribution is -2.22. The van der Waals surface area contributed by atoms with Gasteiger partial charge in [-0.1, -0.05) is 0 Å². The fraction of sp³-hybridized carbons (Fsp3) is 0.333. The van der Waals surface area contributed by atoms with Crippen LogP contribution in [0.15, 0.2) is 0 Å². The quantitative estimate of drug-likeness (QED) is 0.618. The van der Waals surface area contributed by atoms with Gasteiger partial charge in [-0.05, 0) is 0 Å². The van der Waals surface area contributed by atoms with E-state index in [0.717, 1.165) is 0 Å². The number of hydrogen-bond acceptors (Lipinski definition) is 4. The molecule has 4 nitrogen and oxygen atoms in total. The van der Waals surface area contributed by atoms with Gasteiger partial charge in [0.25, 0.3) is 11.8 Å². The van der Waals surface area contributed by atoms with Crippen molar-refractivity contribution in [2.75, 3.05) is 0 Å². The van der Waals surface area contributed by atoms with Crippen molar-refractivity contribution in [2.45, 2.75) is 12.7 Å². The second kappa shape index (κ2) is 4.42. The highest BCUT2D eigenvalue weighted by atomic mass is 19.4. The van der Waals surface area contributed by atoms with E-state index in [9.17, 15) is 35.1 Å². The van der Waals surface area contributed by atoms with Gasteiger partial charge >= 0.3 is 18.8 Å². The van der Waals surface area contributed by atoms with E-state index in [-0.39, 0.29) is 0 Å². The number of hydrogen-bond donors (Lipinski definition) is 0. The third kappa shape index (κ3) is 4.18. The van der Waals surface area contributed by atoms with E-state index in [1.165, 1.54) is 0 Å². The second-order valence-corrected chi connectivity index (χ2v) is 2.51. The summed E-state index contributed by atoms with van der Waals surface area (Å²) in [6.07, 6.45) is -13.0. The molecule has 0 fully saturated rings. The maximum absolute atomic E-state index is 13.0. The maximum Gasteiger partial charge on any atom is 0.574 e. The number of alkyl halides is 6. The minimum atomic E-state index is -5.48. The van der Waals surface area contributed by atoms with Crippen LogP contribution in [0.5, 0.6) is 11.8 Å². The van der Waals surface area contributed by atoms with Gasteiger partial charge in [-0.3, -0.25) is 0 Å². The first-order chi connectivity index (χ1) is 7.98. The van der Waals surface area contributed by atoms with E-state index in [2.05, 4.69) is 19.4 Å². The molecule has 0 saturated heterocycles. The Kier molecular flexibility index (Phi) is 3.48. The minimum absolute atomic E-state index is 2.07. The number of nitrogens with zero attached hydrogens (tertiary/aromatic N) is 2. The Morgan fingerprint density at radius 2 is 1.06 bits per heavy atom. The lowest BCUT2D eigenvalue weighted by atomic mass is 10.5. The predicted octanol–water partition coefficient (Wildman–Crippen LogP) is 2.55. The second-order valence-electron chi connectivity index (χ2n) is 2.51. The topological polar surface area (TPSA) is 44.2 Å². The van der Waals surface area contributed by atoms with Crippen LogP contribution in [0.2, 0.25) is 0 Å². The summed E-state index contributed by atoms with van der Waals surface area (Å²) in [7, 11) is 0. The standard InChI is InChI=1S/C6F8N2O2/c7-1-2(17-5(9,10)11)15-4(8)16-3(1)18-6(12,13)14. The summed E-state index contributed by atoms with van der Waals surface area (Å²) in [6, 6.07) is 0. The van der Waals surface area contributed by atoms with Gasteiger partial charge in [0.05, 0.1) is 0 Å². The van der Waals surface area contributed by atoms with Crippen molar-refractivity contribution >= 4 is 0 Å². The first-order valence-electron chi connectivity index (χ1n) is 3.72. The Balaban J connectivity index is 3.14. The number of aromatic nitrogens is 2. The average Bonchev–Trinajstić information content (AvgIpc) is 2.07. The number of rotatable bonds is 2. The van der Waals surface area contributed by atoms with E-state index in [1.807, 2.05) is 0 Å². The van der Waals surface area contributed by atoms with Crippen LogP contribution >= 0.6 is 0 Å². The number of halogens is 8. The highest BCUT2D eigenvalue weighted by molar-refractivity contribution is 5.22. The van der Waals surface area contributed by atoms with Gasteiger partial charge < -0.3 is 9.47 Å². The van der Waals surface area contributed by atoms with Crippen LogP contribution in [0.25, 0.3) is 0 Å². The highest BCUT2D eigenvalue weighted by Crippen LogP contribution is 2.30. The number of ether oxygens (including phenoxy) is 2. The van der Waals surface area contributed by atoms with Crippen LogP contribution < -0.4 is 9.47 Å². The summed E-state index contributed by atoms with van der Waals surface area (Å²) in [5, 5.41) is 0. The van der Waals surface area contributed by atoms with Crippen LogP contribution in [0.3, 0.4) is 0 Å². The van der Waals surface area contributed by atoms with Gasteiger partial charge in [0.15, 0.2) is 0 Å². The van der Waals surface area contributed by atoms with Crippen molar-refractivity contribution in [3.63, 3.8) is 0 Å². The van der Waals surface area contributed by atoms with Crippen molar-refractivity contribution in [1.29, 1.82) is 0 Å². The Labute approximate surface area is 92.2 Å². The van der Waals surface area contributed by atoms with E-state index in [4.69, 9.17) is 0 Å². The van der Waals surface area contributed by atoms with E-state index in [1.54, 1.807) is 0 Å². The third-order valence-electron chi connectivity index (χ3n) is 1.19. The largest absolute Gasteiger partial charge is 0.574 e. The van der Waals surface area contributed by atoms with Crippen molar-refractivity contribution in [3.05, 3.63) is 11.9 Å². The molecule has 1 heterocycles. The van der Waals surface area contributed by atoms with E-state index < -0.39 is 36.4 Å². The van der Waals surface area contributed by atoms with Gasteiger partial charge in [-0.25, -0.2) is 0 Å². The molecule has 0 aliphatic heterocycles. The van der Waals surface area contributed by atoms with Crippen molar-refractivity contribution in [3.8, 4) is 11.8 Å². The molecule has 0 amide bonds. The SMILES string of the molecule is Fc1nc(OC(F)(F)F)c(F)c(OC(F)(F)F)n1. The zero-order valence-corrected chi connectivity index (χ0v) is 7.73. The maximum atomic E-state index is 13.0. The molecule has 1 aromatic heterocycles. The van der Waals surface area contributed by atoms with Crippen LogP contribution in [0, 0.1) is 11.9 Å². The molecule has 1 rings (SSSR count). The van der Waals surface area contributed by atoms with Crippen molar-refractivity contribution in [1.82, 2.24) is 9.97 Å². The molecule has 12 heteroatoms. The molecular formula is C6F8N2O2. The van der Waals surface area contributed by atoms with Gasteiger partial charge in [0.1, 0.15) is 0 Å². The third-order valence-corrected chi connectivity index (χ3v) is 1.19. The molecule has 0 aliphatic rings. The molecule has 0 N–H and O–H groups in total. The Hall–Kier alpha value is -1.88. The molecular weight excluding hydrogens is 284 g/mol. The van der Waals surface area contributed by atoms with Crippen LogP contribution in [0.1, 0.15) is 0 Å². The Morgan fingerprint density at radius 1 is 0.722 bits per heavy atom. The minimum Gasteiger partial charge on any atom is -0.384 e. The fourth-order valence-electron chi connectivity index (χ4n) is 0.737. The van der Waals surface area contributed by atoms with Crippen LogP contribution in [-0.2, 0) is 0 Å². The Bertz CT molecular complexity index is 405. The zero-order valence-electron chi connectivity index (χ0n) is 7.73. The van der Waals surface area contributed by atoms with Crippen LogP contribution in [-0.4, -0.2) is 22.7 Å². The molecule has 102 valence electrons. The smallest absolute Gasteiger partial charge is 0.384 e. The molecule has 18 heavy (non-hydrogen) atoms. The van der Waals surface area contributed by atoms with Crippen molar-refractivity contribution in [2.24, 2.45) is 0 Å². The normalized spacial score (nSPS) is 12.4. The Morgan fingerprint density at radius 3 is 1.33 bits per heavy atom. The van der Waals surface area contributed by atoms with Gasteiger partial charge in [0, 0.05) is 0 Å². The van der Waals surface area contributed by atoms with Crippen molar-refractivity contribution < 1.29 is 44.6 Å². The van der Waals surface area contributed by atoms with Gasteiger partial charge in [-0.2, -0.15) is 18.7 Å². The fourth-order valence-corrected chi connectivity index (χ4v) is 0.737.